The van der Waals surface area contributed by atoms with Crippen LogP contribution in [0.15, 0.2) is 10.3 Å². The predicted molar refractivity (Wildman–Crippen MR) is 53.7 cm³/mol. The number of ether oxygens (including phenoxy) is 1. The molecular formula is C6H4Cl2O4S2. The smallest absolute Gasteiger partial charge is 0.348 e. The molecule has 0 atom stereocenters. The van der Waals surface area contributed by atoms with Crippen LogP contribution in [0.25, 0.3) is 0 Å². The summed E-state index contributed by atoms with van der Waals surface area (Å²) < 4.78 is 26.0. The molecule has 0 aliphatic rings. The third-order valence-electron chi connectivity index (χ3n) is 1.26. The van der Waals surface area contributed by atoms with E-state index in [4.69, 9.17) is 22.3 Å². The standard InChI is InChI=1S/C6H4Cl2O4S2/c1-12-5(9)4-2-3(7)6(13-4)14(8,10)11/h2H,1H3. The highest BCUT2D eigenvalue weighted by atomic mass is 35.7. The molecule has 0 N–H and O–H groups in total. The first-order valence-corrected chi connectivity index (χ1v) is 6.69. The van der Waals surface area contributed by atoms with Crippen LogP contribution in [-0.4, -0.2) is 21.5 Å². The van der Waals surface area contributed by atoms with Gasteiger partial charge in [0.25, 0.3) is 9.05 Å². The molecule has 0 amide bonds. The van der Waals surface area contributed by atoms with E-state index < -0.39 is 15.0 Å². The van der Waals surface area contributed by atoms with Gasteiger partial charge < -0.3 is 4.74 Å². The van der Waals surface area contributed by atoms with Crippen LogP contribution >= 0.6 is 33.6 Å². The zero-order valence-electron chi connectivity index (χ0n) is 6.78. The van der Waals surface area contributed by atoms with E-state index in [0.29, 0.717) is 11.3 Å². The van der Waals surface area contributed by atoms with E-state index in [-0.39, 0.29) is 14.1 Å². The zero-order valence-corrected chi connectivity index (χ0v) is 9.93. The largest absolute Gasteiger partial charge is 0.465 e. The van der Waals surface area contributed by atoms with Gasteiger partial charge in [0.05, 0.1) is 12.1 Å². The zero-order chi connectivity index (χ0) is 10.9. The van der Waals surface area contributed by atoms with E-state index in [1.165, 1.54) is 13.2 Å². The van der Waals surface area contributed by atoms with Crippen LogP contribution in [-0.2, 0) is 13.8 Å². The summed E-state index contributed by atoms with van der Waals surface area (Å²) in [6, 6.07) is 1.20. The van der Waals surface area contributed by atoms with Crippen molar-refractivity contribution in [3.8, 4) is 0 Å². The fraction of sp³-hybridized carbons (Fsp3) is 0.167. The lowest BCUT2D eigenvalue weighted by atomic mass is 10.5. The van der Waals surface area contributed by atoms with Gasteiger partial charge in [-0.3, -0.25) is 0 Å². The Labute approximate surface area is 93.8 Å². The van der Waals surface area contributed by atoms with Crippen molar-refractivity contribution < 1.29 is 17.9 Å². The average Bonchev–Trinajstić information content (AvgIpc) is 2.45. The Hall–Kier alpha value is -0.300. The number of carbonyl (C=O) groups excluding carboxylic acids is 1. The molecule has 1 aromatic rings. The van der Waals surface area contributed by atoms with Crippen LogP contribution < -0.4 is 0 Å². The van der Waals surface area contributed by atoms with E-state index in [9.17, 15) is 13.2 Å². The second-order valence-corrected chi connectivity index (χ2v) is 6.40. The molecule has 14 heavy (non-hydrogen) atoms. The Morgan fingerprint density at radius 3 is 2.50 bits per heavy atom. The molecule has 0 fully saturated rings. The van der Waals surface area contributed by atoms with E-state index >= 15 is 0 Å². The first-order valence-electron chi connectivity index (χ1n) is 3.18. The van der Waals surface area contributed by atoms with E-state index in [1.54, 1.807) is 0 Å². The van der Waals surface area contributed by atoms with Crippen LogP contribution in [0.3, 0.4) is 0 Å². The molecule has 0 spiro atoms. The van der Waals surface area contributed by atoms with Crippen molar-refractivity contribution in [1.29, 1.82) is 0 Å². The van der Waals surface area contributed by atoms with Gasteiger partial charge in [0, 0.05) is 10.7 Å². The van der Waals surface area contributed by atoms with Gasteiger partial charge in [-0.1, -0.05) is 11.6 Å². The molecule has 0 aliphatic carbocycles. The summed E-state index contributed by atoms with van der Waals surface area (Å²) in [6.07, 6.45) is 0. The molecule has 0 radical (unpaired) electrons. The number of thiophene rings is 1. The summed E-state index contributed by atoms with van der Waals surface area (Å²) >= 11 is 6.24. The SMILES string of the molecule is COC(=O)c1cc(Cl)c(S(=O)(=O)Cl)s1. The fourth-order valence-corrected chi connectivity index (χ4v) is 3.62. The average molecular weight is 275 g/mol. The van der Waals surface area contributed by atoms with Gasteiger partial charge in [0.1, 0.15) is 4.88 Å². The highest BCUT2D eigenvalue weighted by molar-refractivity contribution is 8.15. The first kappa shape index (κ1) is 11.8. The molecule has 4 nitrogen and oxygen atoms in total. The second-order valence-electron chi connectivity index (χ2n) is 2.18. The van der Waals surface area contributed by atoms with Crippen molar-refractivity contribution in [2.24, 2.45) is 0 Å². The van der Waals surface area contributed by atoms with Crippen molar-refractivity contribution in [3.05, 3.63) is 16.0 Å². The highest BCUT2D eigenvalue weighted by Crippen LogP contribution is 2.33. The van der Waals surface area contributed by atoms with Crippen LogP contribution in [0.4, 0.5) is 0 Å². The summed E-state index contributed by atoms with van der Waals surface area (Å²) in [4.78, 5) is 11.1. The molecule has 0 saturated carbocycles. The number of esters is 1. The molecule has 8 heteroatoms. The van der Waals surface area contributed by atoms with Crippen molar-refractivity contribution >= 4 is 48.6 Å². The van der Waals surface area contributed by atoms with Gasteiger partial charge in [-0.2, -0.15) is 0 Å². The lowest BCUT2D eigenvalue weighted by molar-refractivity contribution is 0.0606. The predicted octanol–water partition coefficient (Wildman–Crippen LogP) is 2.12. The van der Waals surface area contributed by atoms with Crippen molar-refractivity contribution in [2.75, 3.05) is 7.11 Å². The molecular weight excluding hydrogens is 271 g/mol. The number of halogens is 2. The molecule has 0 aliphatic heterocycles. The van der Waals surface area contributed by atoms with E-state index in [1.807, 2.05) is 0 Å². The maximum atomic E-state index is 11.0. The Morgan fingerprint density at radius 2 is 2.14 bits per heavy atom. The maximum Gasteiger partial charge on any atom is 0.348 e. The minimum Gasteiger partial charge on any atom is -0.465 e. The molecule has 0 aromatic carbocycles. The lowest BCUT2D eigenvalue weighted by Gasteiger charge is -1.91. The van der Waals surface area contributed by atoms with Crippen LogP contribution in [0, 0.1) is 0 Å². The summed E-state index contributed by atoms with van der Waals surface area (Å²) in [5.74, 6) is -0.650. The lowest BCUT2D eigenvalue weighted by Crippen LogP contribution is -1.96. The molecule has 1 heterocycles. The number of hydrogen-bond acceptors (Lipinski definition) is 5. The molecule has 0 saturated heterocycles. The minimum atomic E-state index is -3.90. The van der Waals surface area contributed by atoms with Crippen LogP contribution in [0.1, 0.15) is 9.67 Å². The van der Waals surface area contributed by atoms with Gasteiger partial charge in [0.2, 0.25) is 0 Å². The van der Waals surface area contributed by atoms with Gasteiger partial charge >= 0.3 is 5.97 Å². The van der Waals surface area contributed by atoms with Crippen LogP contribution in [0.5, 0.6) is 0 Å². The first-order chi connectivity index (χ1) is 6.36. The van der Waals surface area contributed by atoms with Crippen molar-refractivity contribution in [2.45, 2.75) is 4.21 Å². The Morgan fingerprint density at radius 1 is 1.57 bits per heavy atom. The van der Waals surface area contributed by atoms with Gasteiger partial charge in [-0.05, 0) is 6.07 Å². The van der Waals surface area contributed by atoms with E-state index in [0.717, 1.165) is 0 Å². The monoisotopic (exact) mass is 274 g/mol. The third kappa shape index (κ3) is 2.38. The van der Waals surface area contributed by atoms with Gasteiger partial charge in [0.15, 0.2) is 4.21 Å². The summed E-state index contributed by atoms with van der Waals surface area (Å²) in [7, 11) is 2.35. The number of carbonyl (C=O) groups is 1. The Kier molecular flexibility index (Phi) is 3.41. The molecule has 1 rings (SSSR count). The Bertz CT molecular complexity index is 462. The maximum absolute atomic E-state index is 11.0. The minimum absolute atomic E-state index is 0.0783. The summed E-state index contributed by atoms with van der Waals surface area (Å²) in [6.45, 7) is 0. The summed E-state index contributed by atoms with van der Waals surface area (Å²) in [5.41, 5.74) is 0. The quantitative estimate of drug-likeness (QED) is 0.612. The van der Waals surface area contributed by atoms with Crippen LogP contribution in [0.2, 0.25) is 5.02 Å². The number of methoxy groups -OCH3 is 1. The molecule has 0 bridgehead atoms. The molecule has 1 aromatic heterocycles. The van der Waals surface area contributed by atoms with Gasteiger partial charge in [-0.15, -0.1) is 11.3 Å². The number of rotatable bonds is 2. The number of hydrogen-bond donors (Lipinski definition) is 0. The fourth-order valence-electron chi connectivity index (χ4n) is 0.720. The third-order valence-corrected chi connectivity index (χ3v) is 5.00. The topological polar surface area (TPSA) is 60.4 Å². The molecule has 78 valence electrons. The summed E-state index contributed by atoms with van der Waals surface area (Å²) in [5, 5.41) is -0.0783. The second kappa shape index (κ2) is 4.06. The van der Waals surface area contributed by atoms with Crippen molar-refractivity contribution in [3.63, 3.8) is 0 Å². The van der Waals surface area contributed by atoms with Crippen molar-refractivity contribution in [1.82, 2.24) is 0 Å². The van der Waals surface area contributed by atoms with Gasteiger partial charge in [-0.25, -0.2) is 13.2 Å². The Balaban J connectivity index is 3.25. The molecule has 0 unspecified atom stereocenters. The van der Waals surface area contributed by atoms with E-state index in [2.05, 4.69) is 4.74 Å². The highest BCUT2D eigenvalue weighted by Gasteiger charge is 2.22. The normalized spacial score (nSPS) is 11.4.